The maximum absolute atomic E-state index is 12.2. The Morgan fingerprint density at radius 1 is 1.22 bits per heavy atom. The summed E-state index contributed by atoms with van der Waals surface area (Å²) in [5, 5.41) is 0. The topological polar surface area (TPSA) is 58.8 Å². The molecule has 0 aromatic heterocycles. The molecule has 0 fully saturated rings. The standard InChI is InChI=1S/C13H29N3O2/c1-11(2)12(14)13(17)16(9-10-18-5)8-6-7-15(3)4/h11-12H,6-10,14H2,1-5H3/t12-/m1/s1. The Hall–Kier alpha value is -0.650. The van der Waals surface area contributed by atoms with Crippen molar-refractivity contribution in [1.29, 1.82) is 0 Å². The molecule has 1 atom stereocenters. The van der Waals surface area contributed by atoms with Crippen molar-refractivity contribution < 1.29 is 9.53 Å². The van der Waals surface area contributed by atoms with Gasteiger partial charge in [0.15, 0.2) is 0 Å². The first kappa shape index (κ1) is 17.4. The van der Waals surface area contributed by atoms with Crippen LogP contribution in [0.2, 0.25) is 0 Å². The molecular formula is C13H29N3O2. The second kappa shape index (κ2) is 9.30. The molecule has 2 N–H and O–H groups in total. The second-order valence-electron chi connectivity index (χ2n) is 5.24. The van der Waals surface area contributed by atoms with Crippen molar-refractivity contribution in [3.05, 3.63) is 0 Å². The molecule has 0 unspecified atom stereocenters. The van der Waals surface area contributed by atoms with Crippen molar-refractivity contribution in [2.75, 3.05) is 47.4 Å². The van der Waals surface area contributed by atoms with E-state index in [4.69, 9.17) is 10.5 Å². The van der Waals surface area contributed by atoms with E-state index in [1.54, 1.807) is 7.11 Å². The van der Waals surface area contributed by atoms with E-state index in [2.05, 4.69) is 4.90 Å². The molecule has 0 saturated heterocycles. The van der Waals surface area contributed by atoms with Crippen molar-refractivity contribution in [1.82, 2.24) is 9.80 Å². The van der Waals surface area contributed by atoms with Crippen molar-refractivity contribution in [3.8, 4) is 0 Å². The molecule has 0 aliphatic carbocycles. The SMILES string of the molecule is COCCN(CCCN(C)C)C(=O)[C@H](N)C(C)C. The minimum atomic E-state index is -0.416. The van der Waals surface area contributed by atoms with Crippen LogP contribution in [-0.4, -0.2) is 69.2 Å². The van der Waals surface area contributed by atoms with Crippen molar-refractivity contribution in [2.24, 2.45) is 11.7 Å². The Morgan fingerprint density at radius 2 is 1.83 bits per heavy atom. The Kier molecular flexibility index (Phi) is 8.97. The van der Waals surface area contributed by atoms with Crippen molar-refractivity contribution in [3.63, 3.8) is 0 Å². The van der Waals surface area contributed by atoms with E-state index in [1.807, 2.05) is 32.8 Å². The molecule has 0 spiro atoms. The fourth-order valence-electron chi connectivity index (χ4n) is 1.61. The van der Waals surface area contributed by atoms with Gasteiger partial charge < -0.3 is 20.3 Å². The normalized spacial score (nSPS) is 13.1. The van der Waals surface area contributed by atoms with E-state index in [0.717, 1.165) is 19.5 Å². The molecule has 0 aromatic carbocycles. The minimum absolute atomic E-state index is 0.0285. The molecule has 5 nitrogen and oxygen atoms in total. The van der Waals surface area contributed by atoms with Crippen LogP contribution in [0.15, 0.2) is 0 Å². The number of amides is 1. The van der Waals surface area contributed by atoms with E-state index in [0.29, 0.717) is 13.2 Å². The molecule has 1 amide bonds. The molecular weight excluding hydrogens is 230 g/mol. The maximum Gasteiger partial charge on any atom is 0.239 e. The quantitative estimate of drug-likeness (QED) is 0.651. The lowest BCUT2D eigenvalue weighted by Gasteiger charge is -2.27. The smallest absolute Gasteiger partial charge is 0.239 e. The summed E-state index contributed by atoms with van der Waals surface area (Å²) in [7, 11) is 5.70. The third kappa shape index (κ3) is 6.93. The summed E-state index contributed by atoms with van der Waals surface area (Å²) < 4.78 is 5.05. The van der Waals surface area contributed by atoms with Gasteiger partial charge in [0.1, 0.15) is 0 Å². The van der Waals surface area contributed by atoms with Gasteiger partial charge in [0.05, 0.1) is 12.6 Å². The number of ether oxygens (including phenoxy) is 1. The molecule has 0 aliphatic rings. The van der Waals surface area contributed by atoms with E-state index >= 15 is 0 Å². The van der Waals surface area contributed by atoms with Crippen LogP contribution in [0.25, 0.3) is 0 Å². The Morgan fingerprint density at radius 3 is 2.28 bits per heavy atom. The first-order valence-corrected chi connectivity index (χ1v) is 6.58. The average Bonchev–Trinajstić information content (AvgIpc) is 2.31. The summed E-state index contributed by atoms with van der Waals surface area (Å²) in [5.74, 6) is 0.192. The molecule has 0 heterocycles. The number of methoxy groups -OCH3 is 1. The predicted molar refractivity (Wildman–Crippen MR) is 74.4 cm³/mol. The van der Waals surface area contributed by atoms with E-state index < -0.39 is 6.04 Å². The number of hydrogen-bond donors (Lipinski definition) is 1. The number of nitrogens with two attached hydrogens (primary N) is 1. The number of carbonyl (C=O) groups is 1. The van der Waals surface area contributed by atoms with Gasteiger partial charge in [0, 0.05) is 20.2 Å². The highest BCUT2D eigenvalue weighted by Gasteiger charge is 2.22. The van der Waals surface area contributed by atoms with Crippen LogP contribution in [-0.2, 0) is 9.53 Å². The van der Waals surface area contributed by atoms with Crippen LogP contribution < -0.4 is 5.73 Å². The van der Waals surface area contributed by atoms with E-state index in [9.17, 15) is 4.79 Å². The van der Waals surface area contributed by atoms with E-state index in [1.165, 1.54) is 0 Å². The number of rotatable bonds is 9. The van der Waals surface area contributed by atoms with Crippen LogP contribution in [0.4, 0.5) is 0 Å². The lowest BCUT2D eigenvalue weighted by Crippen LogP contribution is -2.48. The molecule has 0 aliphatic heterocycles. The molecule has 108 valence electrons. The third-order valence-corrected chi connectivity index (χ3v) is 2.91. The lowest BCUT2D eigenvalue weighted by molar-refractivity contribution is -0.134. The number of carbonyl (C=O) groups excluding carboxylic acids is 1. The predicted octanol–water partition coefficient (Wildman–Crippen LogP) is 0.396. The second-order valence-corrected chi connectivity index (χ2v) is 5.24. The zero-order valence-corrected chi connectivity index (χ0v) is 12.5. The summed E-state index contributed by atoms with van der Waals surface area (Å²) in [6, 6.07) is -0.416. The monoisotopic (exact) mass is 259 g/mol. The Balaban J connectivity index is 4.32. The van der Waals surface area contributed by atoms with Gasteiger partial charge in [-0.25, -0.2) is 0 Å². The highest BCUT2D eigenvalue weighted by Crippen LogP contribution is 2.04. The molecule has 0 radical (unpaired) electrons. The summed E-state index contributed by atoms with van der Waals surface area (Å²) in [4.78, 5) is 16.1. The average molecular weight is 259 g/mol. The number of hydrogen-bond acceptors (Lipinski definition) is 4. The lowest BCUT2D eigenvalue weighted by atomic mass is 10.0. The van der Waals surface area contributed by atoms with Gasteiger partial charge in [-0.1, -0.05) is 13.8 Å². The molecule has 5 heteroatoms. The van der Waals surface area contributed by atoms with Gasteiger partial charge in [-0.05, 0) is 33.0 Å². The zero-order valence-electron chi connectivity index (χ0n) is 12.5. The molecule has 0 aromatic rings. The van der Waals surface area contributed by atoms with Crippen LogP contribution in [0.1, 0.15) is 20.3 Å². The first-order chi connectivity index (χ1) is 8.40. The molecule has 0 rings (SSSR count). The highest BCUT2D eigenvalue weighted by molar-refractivity contribution is 5.81. The molecule has 0 bridgehead atoms. The van der Waals surface area contributed by atoms with Crippen LogP contribution in [0, 0.1) is 5.92 Å². The minimum Gasteiger partial charge on any atom is -0.383 e. The zero-order chi connectivity index (χ0) is 14.1. The summed E-state index contributed by atoms with van der Waals surface area (Å²) >= 11 is 0. The van der Waals surface area contributed by atoms with Crippen LogP contribution in [0.5, 0.6) is 0 Å². The summed E-state index contributed by atoms with van der Waals surface area (Å²) in [6.45, 7) is 6.81. The fraction of sp³-hybridized carbons (Fsp3) is 0.923. The highest BCUT2D eigenvalue weighted by atomic mass is 16.5. The third-order valence-electron chi connectivity index (χ3n) is 2.91. The van der Waals surface area contributed by atoms with Gasteiger partial charge in [-0.15, -0.1) is 0 Å². The fourth-order valence-corrected chi connectivity index (χ4v) is 1.61. The molecule has 18 heavy (non-hydrogen) atoms. The van der Waals surface area contributed by atoms with E-state index in [-0.39, 0.29) is 11.8 Å². The Bertz CT molecular complexity index is 232. The van der Waals surface area contributed by atoms with Gasteiger partial charge in [0.2, 0.25) is 5.91 Å². The van der Waals surface area contributed by atoms with Gasteiger partial charge in [0.25, 0.3) is 0 Å². The van der Waals surface area contributed by atoms with Crippen molar-refractivity contribution in [2.45, 2.75) is 26.3 Å². The van der Waals surface area contributed by atoms with Crippen molar-refractivity contribution >= 4 is 5.91 Å². The largest absolute Gasteiger partial charge is 0.383 e. The maximum atomic E-state index is 12.2. The summed E-state index contributed by atoms with van der Waals surface area (Å²) in [6.07, 6.45) is 0.952. The van der Waals surface area contributed by atoms with Crippen LogP contribution >= 0.6 is 0 Å². The summed E-state index contributed by atoms with van der Waals surface area (Å²) in [5.41, 5.74) is 5.92. The Labute approximate surface area is 111 Å². The van der Waals surface area contributed by atoms with Gasteiger partial charge in [-0.2, -0.15) is 0 Å². The van der Waals surface area contributed by atoms with Crippen LogP contribution in [0.3, 0.4) is 0 Å². The molecule has 0 saturated carbocycles. The number of nitrogens with zero attached hydrogens (tertiary/aromatic N) is 2. The van der Waals surface area contributed by atoms with Gasteiger partial charge in [-0.3, -0.25) is 4.79 Å². The first-order valence-electron chi connectivity index (χ1n) is 6.58. The van der Waals surface area contributed by atoms with Gasteiger partial charge >= 0.3 is 0 Å².